The van der Waals surface area contributed by atoms with Gasteiger partial charge < -0.3 is 25.4 Å². The number of aliphatic hydroxyl groups is 2. The zero-order valence-electron chi connectivity index (χ0n) is 16.6. The third kappa shape index (κ3) is 3.38. The quantitative estimate of drug-likeness (QED) is 0.497. The summed E-state index contributed by atoms with van der Waals surface area (Å²) >= 11 is 0. The van der Waals surface area contributed by atoms with Crippen molar-refractivity contribution in [1.82, 2.24) is 14.6 Å². The number of nitriles is 1. The Balaban J connectivity index is 1.55. The van der Waals surface area contributed by atoms with E-state index in [2.05, 4.69) is 10.1 Å². The molecule has 160 valence electrons. The lowest BCUT2D eigenvalue weighted by Gasteiger charge is -2.24. The van der Waals surface area contributed by atoms with Crippen LogP contribution >= 0.6 is 0 Å². The van der Waals surface area contributed by atoms with Crippen LogP contribution in [0.25, 0.3) is 5.52 Å². The number of carbonyl (C=O) groups is 1. The molecular formula is C21H21N5O5. The number of ether oxygens (including phenoxy) is 2. The van der Waals surface area contributed by atoms with E-state index < -0.39 is 35.8 Å². The molecule has 4 rings (SSSR count). The van der Waals surface area contributed by atoms with Crippen LogP contribution in [-0.4, -0.2) is 55.7 Å². The average molecular weight is 423 g/mol. The molecule has 10 nitrogen and oxygen atoms in total. The number of esters is 1. The summed E-state index contributed by atoms with van der Waals surface area (Å²) < 4.78 is 12.4. The summed E-state index contributed by atoms with van der Waals surface area (Å²) in [5.74, 6) is -0.859. The molecule has 0 saturated carbocycles. The molecule has 0 aliphatic carbocycles. The van der Waals surface area contributed by atoms with E-state index in [0.29, 0.717) is 5.52 Å². The van der Waals surface area contributed by atoms with E-state index in [1.807, 2.05) is 36.4 Å². The molecule has 5 atom stereocenters. The highest BCUT2D eigenvalue weighted by molar-refractivity contribution is 5.77. The molecule has 2 aromatic heterocycles. The summed E-state index contributed by atoms with van der Waals surface area (Å²) in [7, 11) is 0. The number of aromatic nitrogens is 3. The Hall–Kier alpha value is -3.52. The Morgan fingerprint density at radius 2 is 2.10 bits per heavy atom. The van der Waals surface area contributed by atoms with Crippen LogP contribution in [0.4, 0.5) is 5.82 Å². The smallest absolute Gasteiger partial charge is 0.313 e. The molecule has 1 aliphatic rings. The van der Waals surface area contributed by atoms with E-state index in [0.717, 1.165) is 5.56 Å². The van der Waals surface area contributed by atoms with Crippen LogP contribution in [-0.2, 0) is 19.9 Å². The van der Waals surface area contributed by atoms with Gasteiger partial charge in [0, 0.05) is 0 Å². The number of rotatable bonds is 5. The van der Waals surface area contributed by atoms with Gasteiger partial charge in [-0.2, -0.15) is 10.4 Å². The van der Waals surface area contributed by atoms with Crippen molar-refractivity contribution in [3.05, 3.63) is 60.0 Å². The van der Waals surface area contributed by atoms with Crippen molar-refractivity contribution in [1.29, 1.82) is 5.26 Å². The Bertz CT molecular complexity index is 1140. The van der Waals surface area contributed by atoms with Gasteiger partial charge in [0.2, 0.25) is 5.60 Å². The summed E-state index contributed by atoms with van der Waals surface area (Å²) in [6, 6.07) is 14.1. The normalized spacial score (nSPS) is 26.5. The highest BCUT2D eigenvalue weighted by atomic mass is 16.6. The fourth-order valence-corrected chi connectivity index (χ4v) is 3.72. The maximum Gasteiger partial charge on any atom is 0.313 e. The van der Waals surface area contributed by atoms with Gasteiger partial charge in [-0.05, 0) is 24.6 Å². The molecule has 0 radical (unpaired) electrons. The minimum atomic E-state index is -1.94. The summed E-state index contributed by atoms with van der Waals surface area (Å²) in [6.07, 6.45) is -2.99. The molecule has 1 aliphatic heterocycles. The first-order valence-electron chi connectivity index (χ1n) is 9.64. The standard InChI is InChI=1S/C21H21N5O5/c1-12(13-5-3-2-4-6-13)20(29)30-9-15-17(27)18(28)21(10-22,31-15)16-8-7-14-19(23)24-11-25-26(14)16/h2-8,11-12,15,17-18,27-28H,9H2,1H3,(H2,23,24,25)/t12-,15-,17-,18-,21+/m1/s1. The van der Waals surface area contributed by atoms with Gasteiger partial charge in [-0.1, -0.05) is 30.3 Å². The number of anilines is 1. The van der Waals surface area contributed by atoms with Crippen molar-refractivity contribution in [3.63, 3.8) is 0 Å². The second-order valence-electron chi connectivity index (χ2n) is 7.36. The lowest BCUT2D eigenvalue weighted by atomic mass is 9.92. The zero-order chi connectivity index (χ0) is 22.2. The summed E-state index contributed by atoms with van der Waals surface area (Å²) in [5.41, 5.74) is 5.28. The average Bonchev–Trinajstić information content (AvgIpc) is 3.34. The van der Waals surface area contributed by atoms with Gasteiger partial charge in [0.15, 0.2) is 5.82 Å². The summed E-state index contributed by atoms with van der Waals surface area (Å²) in [6.45, 7) is 1.37. The number of benzene rings is 1. The number of fused-ring (bicyclic) bond motifs is 1. The van der Waals surface area contributed by atoms with E-state index in [4.69, 9.17) is 15.2 Å². The van der Waals surface area contributed by atoms with Crippen LogP contribution in [0, 0.1) is 11.3 Å². The van der Waals surface area contributed by atoms with Crippen molar-refractivity contribution in [2.75, 3.05) is 12.3 Å². The molecule has 0 amide bonds. The Labute approximate surface area is 177 Å². The van der Waals surface area contributed by atoms with Gasteiger partial charge in [-0.15, -0.1) is 0 Å². The maximum atomic E-state index is 12.4. The topological polar surface area (TPSA) is 156 Å². The zero-order valence-corrected chi connectivity index (χ0v) is 16.6. The number of aliphatic hydroxyl groups excluding tert-OH is 2. The lowest BCUT2D eigenvalue weighted by molar-refractivity contribution is -0.152. The van der Waals surface area contributed by atoms with Crippen molar-refractivity contribution < 1.29 is 24.5 Å². The van der Waals surface area contributed by atoms with Crippen LogP contribution in [0.5, 0.6) is 0 Å². The maximum absolute atomic E-state index is 12.4. The molecule has 1 fully saturated rings. The number of nitrogens with two attached hydrogens (primary N) is 1. The van der Waals surface area contributed by atoms with E-state index in [1.54, 1.807) is 13.0 Å². The second kappa shape index (κ2) is 7.96. The highest BCUT2D eigenvalue weighted by Gasteiger charge is 2.57. The number of nitrogens with zero attached hydrogens (tertiary/aromatic N) is 4. The van der Waals surface area contributed by atoms with Gasteiger partial charge in [-0.3, -0.25) is 4.79 Å². The lowest BCUT2D eigenvalue weighted by Crippen LogP contribution is -2.41. The molecule has 4 N–H and O–H groups in total. The van der Waals surface area contributed by atoms with Crippen LogP contribution in [0.2, 0.25) is 0 Å². The molecule has 10 heteroatoms. The van der Waals surface area contributed by atoms with E-state index >= 15 is 0 Å². The highest BCUT2D eigenvalue weighted by Crippen LogP contribution is 2.40. The molecule has 3 aromatic rings. The monoisotopic (exact) mass is 423 g/mol. The first-order chi connectivity index (χ1) is 14.9. The van der Waals surface area contributed by atoms with Crippen LogP contribution < -0.4 is 5.73 Å². The number of nitrogen functional groups attached to an aromatic ring is 1. The van der Waals surface area contributed by atoms with E-state index in [1.165, 1.54) is 16.9 Å². The summed E-state index contributed by atoms with van der Waals surface area (Å²) in [4.78, 5) is 16.3. The van der Waals surface area contributed by atoms with Crippen LogP contribution in [0.3, 0.4) is 0 Å². The molecule has 0 spiro atoms. The van der Waals surface area contributed by atoms with Crippen molar-refractivity contribution >= 4 is 17.3 Å². The Morgan fingerprint density at radius 3 is 2.81 bits per heavy atom. The predicted molar refractivity (Wildman–Crippen MR) is 107 cm³/mol. The Morgan fingerprint density at radius 1 is 1.35 bits per heavy atom. The van der Waals surface area contributed by atoms with E-state index in [-0.39, 0.29) is 18.1 Å². The fourth-order valence-electron chi connectivity index (χ4n) is 3.72. The summed E-state index contributed by atoms with van der Waals surface area (Å²) in [5, 5.41) is 35.2. The van der Waals surface area contributed by atoms with Gasteiger partial charge in [0.1, 0.15) is 42.8 Å². The minimum Gasteiger partial charge on any atom is -0.462 e. The third-order valence-corrected chi connectivity index (χ3v) is 5.53. The molecular weight excluding hydrogens is 402 g/mol. The van der Waals surface area contributed by atoms with Crippen molar-refractivity contribution in [3.8, 4) is 6.07 Å². The van der Waals surface area contributed by atoms with Gasteiger partial charge in [-0.25, -0.2) is 9.50 Å². The van der Waals surface area contributed by atoms with Crippen molar-refractivity contribution in [2.45, 2.75) is 36.8 Å². The molecule has 1 aromatic carbocycles. The van der Waals surface area contributed by atoms with Gasteiger partial charge >= 0.3 is 5.97 Å². The number of carbonyl (C=O) groups excluding carboxylic acids is 1. The fraction of sp³-hybridized carbons (Fsp3) is 0.333. The first kappa shape index (κ1) is 20.7. The van der Waals surface area contributed by atoms with Gasteiger partial charge in [0.25, 0.3) is 0 Å². The molecule has 0 unspecified atom stereocenters. The molecule has 3 heterocycles. The molecule has 31 heavy (non-hydrogen) atoms. The van der Waals surface area contributed by atoms with E-state index in [9.17, 15) is 20.3 Å². The second-order valence-corrected chi connectivity index (χ2v) is 7.36. The third-order valence-electron chi connectivity index (χ3n) is 5.53. The Kier molecular flexibility index (Phi) is 5.32. The largest absolute Gasteiger partial charge is 0.462 e. The van der Waals surface area contributed by atoms with Crippen molar-refractivity contribution in [2.24, 2.45) is 0 Å². The molecule has 1 saturated heterocycles. The number of hydrogen-bond donors (Lipinski definition) is 3. The van der Waals surface area contributed by atoms with Crippen LogP contribution in [0.1, 0.15) is 24.1 Å². The SMILES string of the molecule is C[C@@H](C(=O)OC[C@H]1O[C@@](C#N)(c2ccc3c(N)ncnn23)[C@H](O)[C@@H]1O)c1ccccc1. The number of hydrogen-bond acceptors (Lipinski definition) is 9. The molecule has 0 bridgehead atoms. The van der Waals surface area contributed by atoms with Crippen LogP contribution in [0.15, 0.2) is 48.8 Å². The first-order valence-corrected chi connectivity index (χ1v) is 9.64. The van der Waals surface area contributed by atoms with Gasteiger partial charge in [0.05, 0.1) is 11.6 Å². The predicted octanol–water partition coefficient (Wildman–Crippen LogP) is 0.498. The minimum absolute atomic E-state index is 0.178.